The van der Waals surface area contributed by atoms with E-state index in [0.717, 1.165) is 10.0 Å². The Bertz CT molecular complexity index is 804. The third kappa shape index (κ3) is 4.63. The first kappa shape index (κ1) is 17.6. The van der Waals surface area contributed by atoms with E-state index in [-0.39, 0.29) is 29.3 Å². The minimum Gasteiger partial charge on any atom is -0.507 e. The van der Waals surface area contributed by atoms with Crippen molar-refractivity contribution >= 4 is 33.7 Å². The van der Waals surface area contributed by atoms with Crippen molar-refractivity contribution in [1.29, 1.82) is 0 Å². The topological polar surface area (TPSA) is 105 Å². The highest BCUT2D eigenvalue weighted by Gasteiger charge is 2.12. The molecule has 0 aromatic heterocycles. The lowest BCUT2D eigenvalue weighted by atomic mass is 10.1. The Labute approximate surface area is 146 Å². The molecule has 0 unspecified atom stereocenters. The number of aryl methyl sites for hydroxylation is 1. The second-order valence-electron chi connectivity index (χ2n) is 5.05. The van der Waals surface area contributed by atoms with Gasteiger partial charge in [0.2, 0.25) is 5.91 Å². The zero-order valence-corrected chi connectivity index (χ0v) is 14.3. The van der Waals surface area contributed by atoms with Crippen molar-refractivity contribution < 1.29 is 14.8 Å². The quantitative estimate of drug-likeness (QED) is 0.464. The number of nitro groups is 1. The number of rotatable bonds is 5. The van der Waals surface area contributed by atoms with E-state index in [4.69, 9.17) is 0 Å². The van der Waals surface area contributed by atoms with Crippen LogP contribution in [0.1, 0.15) is 16.7 Å². The molecule has 0 spiro atoms. The first-order valence-electron chi connectivity index (χ1n) is 6.91. The highest BCUT2D eigenvalue weighted by Crippen LogP contribution is 2.26. The maximum absolute atomic E-state index is 11.8. The Hall–Kier alpha value is -2.74. The van der Waals surface area contributed by atoms with Crippen LogP contribution in [0.5, 0.6) is 5.75 Å². The van der Waals surface area contributed by atoms with E-state index in [1.54, 1.807) is 6.92 Å². The first-order chi connectivity index (χ1) is 11.4. The summed E-state index contributed by atoms with van der Waals surface area (Å²) in [6.45, 7) is 1.55. The molecule has 0 saturated carbocycles. The summed E-state index contributed by atoms with van der Waals surface area (Å²) in [6, 6.07) is 9.73. The molecule has 7 nitrogen and oxygen atoms in total. The Kier molecular flexibility index (Phi) is 5.64. The molecule has 2 aromatic rings. The van der Waals surface area contributed by atoms with Crippen LogP contribution in [0.4, 0.5) is 5.69 Å². The van der Waals surface area contributed by atoms with Gasteiger partial charge in [-0.3, -0.25) is 14.9 Å². The van der Waals surface area contributed by atoms with Crippen LogP contribution in [0, 0.1) is 17.0 Å². The number of halogens is 1. The summed E-state index contributed by atoms with van der Waals surface area (Å²) in [7, 11) is 0. The van der Waals surface area contributed by atoms with Crippen LogP contribution >= 0.6 is 15.9 Å². The van der Waals surface area contributed by atoms with Gasteiger partial charge in [0.25, 0.3) is 5.69 Å². The number of non-ortho nitro benzene ring substituents is 1. The predicted octanol–water partition coefficient (Wildman–Crippen LogP) is 3.06. The number of nitrogens with one attached hydrogen (secondary N) is 1. The van der Waals surface area contributed by atoms with Crippen LogP contribution in [0.25, 0.3) is 0 Å². The van der Waals surface area contributed by atoms with Crippen molar-refractivity contribution in [2.45, 2.75) is 13.3 Å². The summed E-state index contributed by atoms with van der Waals surface area (Å²) in [5, 5.41) is 24.5. The molecule has 8 heteroatoms. The van der Waals surface area contributed by atoms with Gasteiger partial charge in [0.15, 0.2) is 0 Å². The van der Waals surface area contributed by atoms with Crippen molar-refractivity contribution in [2.75, 3.05) is 0 Å². The molecule has 0 fully saturated rings. The van der Waals surface area contributed by atoms with Crippen molar-refractivity contribution in [3.05, 3.63) is 67.7 Å². The number of aromatic hydroxyl groups is 1. The number of phenolic OH excluding ortho intramolecular Hbond substituents is 1. The van der Waals surface area contributed by atoms with E-state index < -0.39 is 4.92 Å². The molecule has 1 amide bonds. The van der Waals surface area contributed by atoms with Crippen molar-refractivity contribution in [2.24, 2.45) is 5.10 Å². The summed E-state index contributed by atoms with van der Waals surface area (Å²) in [4.78, 5) is 22.1. The van der Waals surface area contributed by atoms with Gasteiger partial charge in [0.1, 0.15) is 5.75 Å². The summed E-state index contributed by atoms with van der Waals surface area (Å²) >= 11 is 3.31. The Balaban J connectivity index is 2.04. The second kappa shape index (κ2) is 7.69. The zero-order valence-electron chi connectivity index (χ0n) is 12.7. The SMILES string of the molecule is Cc1cc([N+](=O)[O-])cc(/C=N\NC(=O)Cc2ccc(Br)cc2)c1O. The van der Waals surface area contributed by atoms with Crippen molar-refractivity contribution in [3.63, 3.8) is 0 Å². The maximum Gasteiger partial charge on any atom is 0.270 e. The van der Waals surface area contributed by atoms with Gasteiger partial charge in [-0.2, -0.15) is 5.10 Å². The molecule has 0 radical (unpaired) electrons. The largest absolute Gasteiger partial charge is 0.507 e. The lowest BCUT2D eigenvalue weighted by molar-refractivity contribution is -0.384. The summed E-state index contributed by atoms with van der Waals surface area (Å²) in [6.07, 6.45) is 1.32. The molecule has 0 aliphatic carbocycles. The van der Waals surface area contributed by atoms with E-state index in [1.807, 2.05) is 24.3 Å². The minimum atomic E-state index is -0.560. The fourth-order valence-electron chi connectivity index (χ4n) is 1.99. The van der Waals surface area contributed by atoms with Gasteiger partial charge in [-0.05, 0) is 30.2 Å². The first-order valence-corrected chi connectivity index (χ1v) is 7.70. The molecule has 0 aliphatic heterocycles. The molecule has 2 aromatic carbocycles. The standard InChI is InChI=1S/C16H14BrN3O4/c1-10-6-14(20(23)24)8-12(16(10)22)9-18-19-15(21)7-11-2-4-13(17)5-3-11/h2-6,8-9,22H,7H2,1H3,(H,19,21)/b18-9-. The van der Waals surface area contributed by atoms with Crippen LogP contribution in [0.15, 0.2) is 46.0 Å². The molecule has 24 heavy (non-hydrogen) atoms. The number of hydrazone groups is 1. The average Bonchev–Trinajstić information content (AvgIpc) is 2.53. The minimum absolute atomic E-state index is 0.119. The van der Waals surface area contributed by atoms with Gasteiger partial charge >= 0.3 is 0 Å². The van der Waals surface area contributed by atoms with Gasteiger partial charge in [-0.1, -0.05) is 28.1 Å². The molecular weight excluding hydrogens is 378 g/mol. The lowest BCUT2D eigenvalue weighted by Crippen LogP contribution is -2.19. The molecule has 2 N–H and O–H groups in total. The molecule has 0 bridgehead atoms. The van der Waals surface area contributed by atoms with Crippen LogP contribution in [-0.4, -0.2) is 22.2 Å². The van der Waals surface area contributed by atoms with E-state index in [1.165, 1.54) is 18.3 Å². The molecule has 0 saturated heterocycles. The Morgan fingerprint density at radius 2 is 2.04 bits per heavy atom. The summed E-state index contributed by atoms with van der Waals surface area (Å²) in [5.74, 6) is -0.457. The fraction of sp³-hybridized carbons (Fsp3) is 0.125. The van der Waals surface area contributed by atoms with E-state index in [2.05, 4.69) is 26.5 Å². The number of nitro benzene ring substituents is 1. The number of phenols is 1. The molecule has 124 valence electrons. The third-order valence-electron chi connectivity index (χ3n) is 3.20. The normalized spacial score (nSPS) is 10.8. The fourth-order valence-corrected chi connectivity index (χ4v) is 2.26. The lowest BCUT2D eigenvalue weighted by Gasteiger charge is -2.04. The maximum atomic E-state index is 11.8. The van der Waals surface area contributed by atoms with Crippen LogP contribution in [0.3, 0.4) is 0 Å². The van der Waals surface area contributed by atoms with Crippen molar-refractivity contribution in [1.82, 2.24) is 5.43 Å². The van der Waals surface area contributed by atoms with Crippen LogP contribution in [-0.2, 0) is 11.2 Å². The second-order valence-corrected chi connectivity index (χ2v) is 5.97. The Morgan fingerprint density at radius 3 is 2.67 bits per heavy atom. The number of amides is 1. The number of nitrogens with zero attached hydrogens (tertiary/aromatic N) is 2. The van der Waals surface area contributed by atoms with Gasteiger partial charge in [-0.25, -0.2) is 5.43 Å². The summed E-state index contributed by atoms with van der Waals surface area (Å²) in [5.41, 5.74) is 3.50. The number of hydrogen-bond donors (Lipinski definition) is 2. The van der Waals surface area contributed by atoms with E-state index >= 15 is 0 Å². The Morgan fingerprint density at radius 1 is 1.38 bits per heavy atom. The summed E-state index contributed by atoms with van der Waals surface area (Å²) < 4.78 is 0.918. The van der Waals surface area contributed by atoms with Gasteiger partial charge in [0, 0.05) is 22.2 Å². The molecular formula is C16H14BrN3O4. The third-order valence-corrected chi connectivity index (χ3v) is 3.73. The zero-order chi connectivity index (χ0) is 17.7. The van der Waals surface area contributed by atoms with Gasteiger partial charge in [-0.15, -0.1) is 0 Å². The highest BCUT2D eigenvalue weighted by atomic mass is 79.9. The predicted molar refractivity (Wildman–Crippen MR) is 93.1 cm³/mol. The van der Waals surface area contributed by atoms with Crippen molar-refractivity contribution in [3.8, 4) is 5.75 Å². The van der Waals surface area contributed by atoms with Gasteiger partial charge in [0.05, 0.1) is 17.6 Å². The number of hydrogen-bond acceptors (Lipinski definition) is 5. The molecule has 2 rings (SSSR count). The number of benzene rings is 2. The molecule has 0 atom stereocenters. The van der Waals surface area contributed by atoms with Crippen LogP contribution < -0.4 is 5.43 Å². The monoisotopic (exact) mass is 391 g/mol. The van der Waals surface area contributed by atoms with Gasteiger partial charge < -0.3 is 5.11 Å². The smallest absolute Gasteiger partial charge is 0.270 e. The number of carbonyl (C=O) groups is 1. The molecule has 0 aliphatic rings. The van der Waals surface area contributed by atoms with E-state index in [0.29, 0.717) is 5.56 Å². The average molecular weight is 392 g/mol. The number of carbonyl (C=O) groups excluding carboxylic acids is 1. The highest BCUT2D eigenvalue weighted by molar-refractivity contribution is 9.10. The van der Waals surface area contributed by atoms with E-state index in [9.17, 15) is 20.0 Å². The van der Waals surface area contributed by atoms with Crippen LogP contribution in [0.2, 0.25) is 0 Å². The molecule has 0 heterocycles.